The number of carbonyl (C=O) groups is 1. The number of nitro groups is 1. The smallest absolute Gasteiger partial charge is 0.293 e. The van der Waals surface area contributed by atoms with Crippen LogP contribution in [-0.4, -0.2) is 139 Å². The normalized spacial score (nSPS) is 23.6. The van der Waals surface area contributed by atoms with Crippen molar-refractivity contribution < 1.29 is 46.6 Å². The van der Waals surface area contributed by atoms with E-state index >= 15 is 0 Å². The highest BCUT2D eigenvalue weighted by molar-refractivity contribution is 7.90. The van der Waals surface area contributed by atoms with E-state index in [4.69, 9.17) is 33.3 Å². The summed E-state index contributed by atoms with van der Waals surface area (Å²) in [4.78, 5) is 48.9. The van der Waals surface area contributed by atoms with E-state index in [1.807, 2.05) is 44.2 Å². The van der Waals surface area contributed by atoms with Gasteiger partial charge in [0.25, 0.3) is 27.5 Å². The van der Waals surface area contributed by atoms with Crippen LogP contribution in [0.4, 0.5) is 28.4 Å². The molecule has 3 aromatic carbocycles. The number of piperazine rings is 1. The van der Waals surface area contributed by atoms with Gasteiger partial charge in [-0.15, -0.1) is 0 Å². The fourth-order valence-corrected chi connectivity index (χ4v) is 15.3. The first-order valence-electron chi connectivity index (χ1n) is 30.3. The summed E-state index contributed by atoms with van der Waals surface area (Å²) in [5.74, 6) is 1.87. The molecule has 3 atom stereocenters. The molecular formula is C64H76N10O11S. The molecule has 4 N–H and O–H groups in total. The van der Waals surface area contributed by atoms with Crippen LogP contribution in [0, 0.1) is 28.4 Å². The number of pyridine rings is 2. The second-order valence-electron chi connectivity index (χ2n) is 25.2. The van der Waals surface area contributed by atoms with Gasteiger partial charge in [0.1, 0.15) is 34.6 Å². The number of hydrogen-bond donors (Lipinski definition) is 4. The lowest BCUT2D eigenvalue weighted by Gasteiger charge is -2.58. The minimum absolute atomic E-state index is 0.0173. The van der Waals surface area contributed by atoms with Crippen LogP contribution in [0.1, 0.15) is 112 Å². The number of methoxy groups -OCH3 is 1. The number of aryl methyl sites for hydroxylation is 1. The molecule has 7 aromatic rings. The van der Waals surface area contributed by atoms with E-state index in [9.17, 15) is 28.4 Å². The number of rotatable bonds is 16. The number of sulfonamides is 1. The summed E-state index contributed by atoms with van der Waals surface area (Å²) in [6, 6.07) is 25.9. The van der Waals surface area contributed by atoms with Gasteiger partial charge < -0.3 is 48.6 Å². The van der Waals surface area contributed by atoms with Gasteiger partial charge in [0.05, 0.1) is 64.3 Å². The number of nitro benzene ring substituents is 1. The molecule has 1 spiro atoms. The van der Waals surface area contributed by atoms with Crippen LogP contribution in [-0.2, 0) is 21.3 Å². The minimum atomic E-state index is -4.66. The number of amides is 1. The summed E-state index contributed by atoms with van der Waals surface area (Å²) in [6.07, 6.45) is 8.77. The van der Waals surface area contributed by atoms with Crippen molar-refractivity contribution in [1.82, 2.24) is 29.5 Å². The molecule has 4 aromatic heterocycles. The number of furan rings is 1. The van der Waals surface area contributed by atoms with Gasteiger partial charge in [0.15, 0.2) is 5.58 Å². The SMILES string of the molecule is COc1nc(CN2CCN(C3CC4(CCN(c5ccc(C(=O)NS(=O)(=O)c6ccc(NCC7CCC(C)(O)CC7)c([N+](=O)[O-])c6)c(N6c7cc8cc[nH]c8nc7O[C@H]7COCC[C@@H]76)c5)CC4)C3)[C@@H](c3ccccc3OC(C)C)C2)cc2cc(C)oc12. The second kappa shape index (κ2) is 23.0. The second-order valence-corrected chi connectivity index (χ2v) is 26.9. The molecule has 6 aliphatic rings. The number of ether oxygens (including phenoxy) is 4. The van der Waals surface area contributed by atoms with Crippen molar-refractivity contribution in [3.05, 3.63) is 124 Å². The van der Waals surface area contributed by atoms with Crippen molar-refractivity contribution in [3.63, 3.8) is 0 Å². The van der Waals surface area contributed by atoms with Crippen molar-refractivity contribution in [2.75, 3.05) is 74.7 Å². The zero-order chi connectivity index (χ0) is 59.6. The molecule has 2 saturated carbocycles. The third-order valence-electron chi connectivity index (χ3n) is 18.9. The van der Waals surface area contributed by atoms with Crippen molar-refractivity contribution in [1.29, 1.82) is 0 Å². The Morgan fingerprint density at radius 1 is 0.942 bits per heavy atom. The molecule has 0 bridgehead atoms. The predicted molar refractivity (Wildman–Crippen MR) is 326 cm³/mol. The Balaban J connectivity index is 0.755. The molecule has 13 rings (SSSR count). The van der Waals surface area contributed by atoms with E-state index < -0.39 is 43.1 Å². The number of aromatic amines is 1. The van der Waals surface area contributed by atoms with Crippen LogP contribution in [0.15, 0.2) is 100 Å². The Labute approximate surface area is 500 Å². The van der Waals surface area contributed by atoms with Crippen LogP contribution in [0.25, 0.3) is 22.0 Å². The lowest BCUT2D eigenvalue weighted by atomic mass is 9.59. The Morgan fingerprint density at radius 3 is 2.52 bits per heavy atom. The number of anilines is 4. The van der Waals surface area contributed by atoms with E-state index in [0.29, 0.717) is 79.4 Å². The zero-order valence-corrected chi connectivity index (χ0v) is 50.2. The van der Waals surface area contributed by atoms with Gasteiger partial charge >= 0.3 is 0 Å². The number of aromatic nitrogens is 3. The first kappa shape index (κ1) is 57.6. The van der Waals surface area contributed by atoms with Gasteiger partial charge in [0, 0.05) is 92.7 Å². The highest BCUT2D eigenvalue weighted by Crippen LogP contribution is 2.54. The number of carbonyl (C=O) groups excluding carboxylic acids is 1. The summed E-state index contributed by atoms with van der Waals surface area (Å²) in [6.45, 7) is 13.9. The third kappa shape index (κ3) is 11.4. The highest BCUT2D eigenvalue weighted by atomic mass is 32.2. The molecule has 86 heavy (non-hydrogen) atoms. The first-order valence-corrected chi connectivity index (χ1v) is 31.8. The molecule has 8 heterocycles. The first-order chi connectivity index (χ1) is 41.4. The molecule has 454 valence electrons. The highest BCUT2D eigenvalue weighted by Gasteiger charge is 2.51. The largest absolute Gasteiger partial charge is 0.491 e. The van der Waals surface area contributed by atoms with E-state index in [1.54, 1.807) is 19.4 Å². The number of nitrogens with one attached hydrogen (secondary N) is 3. The fourth-order valence-electron chi connectivity index (χ4n) is 14.3. The number of hydrogen-bond acceptors (Lipinski definition) is 18. The van der Waals surface area contributed by atoms with Crippen LogP contribution < -0.4 is 34.0 Å². The summed E-state index contributed by atoms with van der Waals surface area (Å²) in [5.41, 5.74) is 4.68. The zero-order valence-electron chi connectivity index (χ0n) is 49.4. The van der Waals surface area contributed by atoms with Gasteiger partial charge in [-0.3, -0.25) is 24.7 Å². The lowest BCUT2D eigenvalue weighted by molar-refractivity contribution is -0.384. The average Bonchev–Trinajstić information content (AvgIpc) is 1.15. The summed E-state index contributed by atoms with van der Waals surface area (Å²) >= 11 is 0. The quantitative estimate of drug-likeness (QED) is 0.0519. The minimum Gasteiger partial charge on any atom is -0.491 e. The van der Waals surface area contributed by atoms with Crippen molar-refractivity contribution in [2.24, 2.45) is 11.3 Å². The number of benzene rings is 3. The molecule has 22 heteroatoms. The Bertz CT molecular complexity index is 3800. The van der Waals surface area contributed by atoms with E-state index in [1.165, 1.54) is 17.7 Å². The van der Waals surface area contributed by atoms with Crippen molar-refractivity contribution in [3.8, 4) is 17.5 Å². The van der Waals surface area contributed by atoms with Gasteiger partial charge in [0.2, 0.25) is 5.88 Å². The predicted octanol–water partition coefficient (Wildman–Crippen LogP) is 10.2. The number of H-pyrrole nitrogens is 1. The summed E-state index contributed by atoms with van der Waals surface area (Å²) in [5, 5.41) is 27.9. The molecule has 0 radical (unpaired) electrons. The molecule has 1 amide bonds. The van der Waals surface area contributed by atoms with Gasteiger partial charge in [-0.05, 0) is 157 Å². The maximum Gasteiger partial charge on any atom is 0.293 e. The van der Waals surface area contributed by atoms with E-state index in [-0.39, 0.29) is 47.4 Å². The maximum atomic E-state index is 14.9. The van der Waals surface area contributed by atoms with Crippen molar-refractivity contribution in [2.45, 2.75) is 133 Å². The molecule has 21 nitrogen and oxygen atoms in total. The number of piperidine rings is 1. The Kier molecular flexibility index (Phi) is 15.4. The monoisotopic (exact) mass is 1190 g/mol. The van der Waals surface area contributed by atoms with E-state index in [0.717, 1.165) is 111 Å². The molecule has 3 saturated heterocycles. The fraction of sp³-hybridized carbons (Fsp3) is 0.484. The lowest BCUT2D eigenvalue weighted by Crippen LogP contribution is -2.59. The number of aliphatic hydroxyl groups is 1. The Hall–Kier alpha value is -7.50. The molecule has 0 unspecified atom stereocenters. The molecule has 4 aliphatic heterocycles. The number of fused-ring (bicyclic) bond motifs is 4. The van der Waals surface area contributed by atoms with Crippen LogP contribution in [0.2, 0.25) is 0 Å². The summed E-state index contributed by atoms with van der Waals surface area (Å²) < 4.78 is 61.6. The molecule has 2 aliphatic carbocycles. The van der Waals surface area contributed by atoms with Gasteiger partial charge in [-0.25, -0.2) is 18.1 Å². The summed E-state index contributed by atoms with van der Waals surface area (Å²) in [7, 11) is -3.02. The number of para-hydroxylation sites is 1. The topological polar surface area (TPSA) is 243 Å². The van der Waals surface area contributed by atoms with Crippen LogP contribution in [0.5, 0.6) is 17.5 Å². The van der Waals surface area contributed by atoms with E-state index in [2.05, 4.69) is 78.8 Å². The third-order valence-corrected chi connectivity index (χ3v) is 20.3. The average molecular weight is 1190 g/mol. The van der Waals surface area contributed by atoms with Gasteiger partial charge in [-0.1, -0.05) is 18.2 Å². The molecule has 5 fully saturated rings. The molecular weight excluding hydrogens is 1120 g/mol. The van der Waals surface area contributed by atoms with Crippen LogP contribution >= 0.6 is 0 Å². The Morgan fingerprint density at radius 2 is 1.74 bits per heavy atom. The maximum absolute atomic E-state index is 14.9. The standard InChI is InChI=1S/C64H76N10O11S/c1-39(2)83-56-9-7-6-8-48(56)55-37-70(36-44-29-43-28-40(3)84-58(43)62(67-44)81-5)25-26-72(55)46-33-64(34-46)20-23-71(24-21-64)45-10-12-49(52(31-45)73-51-17-27-82-38-57(51)85-61-54(73)30-42-16-22-65-59(42)68-61)60(75)69-86(79,80)47-11-13-50(53(32-47)74(77)78)66-35-41-14-18-63(4,76)19-15-41/h6-13,16,22,28-32,39,41,46,51,55,57,66,76H,14-15,17-21,23-27,33-38H2,1-5H3,(H,65,68)(H,69,75)/t41?,51-,55+,57-,63?/m0/s1. The van der Waals surface area contributed by atoms with Crippen molar-refractivity contribution >= 4 is 66.4 Å². The number of nitrogens with zero attached hydrogens (tertiary/aromatic N) is 7. The van der Waals surface area contributed by atoms with Crippen LogP contribution in [0.3, 0.4) is 0 Å². The van der Waals surface area contributed by atoms with Gasteiger partial charge in [-0.2, -0.15) is 4.98 Å².